The Hall–Kier alpha value is -1.11. The van der Waals surface area contributed by atoms with Crippen LogP contribution in [0.2, 0.25) is 0 Å². The molecule has 0 fully saturated rings. The van der Waals surface area contributed by atoms with E-state index in [-0.39, 0.29) is 17.5 Å². The highest BCUT2D eigenvalue weighted by atomic mass is 32.2. The first-order valence-electron chi connectivity index (χ1n) is 5.77. The van der Waals surface area contributed by atoms with Gasteiger partial charge in [0.05, 0.1) is 12.0 Å². The lowest BCUT2D eigenvalue weighted by Gasteiger charge is -2.14. The SMILES string of the molecule is COc1cccc(S(=O)(=O)NC(C)CCCO)c1. The molecule has 0 aliphatic rings. The van der Waals surface area contributed by atoms with Crippen LogP contribution < -0.4 is 9.46 Å². The number of rotatable bonds is 7. The maximum atomic E-state index is 12.0. The van der Waals surface area contributed by atoms with E-state index in [4.69, 9.17) is 9.84 Å². The summed E-state index contributed by atoms with van der Waals surface area (Å²) in [4.78, 5) is 0.178. The number of methoxy groups -OCH3 is 1. The Kier molecular flexibility index (Phi) is 5.58. The van der Waals surface area contributed by atoms with E-state index in [0.717, 1.165) is 0 Å². The third kappa shape index (κ3) is 4.29. The molecule has 102 valence electrons. The second kappa shape index (κ2) is 6.72. The lowest BCUT2D eigenvalue weighted by Crippen LogP contribution is -2.32. The van der Waals surface area contributed by atoms with Gasteiger partial charge in [0.1, 0.15) is 5.75 Å². The van der Waals surface area contributed by atoms with Crippen molar-refractivity contribution in [2.45, 2.75) is 30.7 Å². The summed E-state index contributed by atoms with van der Waals surface area (Å²) < 4.78 is 31.6. The van der Waals surface area contributed by atoms with Gasteiger partial charge in [0, 0.05) is 18.7 Å². The van der Waals surface area contributed by atoms with E-state index < -0.39 is 10.0 Å². The van der Waals surface area contributed by atoms with Gasteiger partial charge in [-0.3, -0.25) is 0 Å². The molecular weight excluding hydrogens is 254 g/mol. The average Bonchev–Trinajstić information content (AvgIpc) is 2.36. The van der Waals surface area contributed by atoms with E-state index in [0.29, 0.717) is 18.6 Å². The zero-order chi connectivity index (χ0) is 13.6. The number of nitrogens with one attached hydrogen (secondary N) is 1. The molecule has 0 bridgehead atoms. The van der Waals surface area contributed by atoms with Gasteiger partial charge >= 0.3 is 0 Å². The van der Waals surface area contributed by atoms with Crippen LogP contribution in [0.4, 0.5) is 0 Å². The molecule has 1 aromatic carbocycles. The molecule has 0 saturated carbocycles. The van der Waals surface area contributed by atoms with Crippen LogP contribution in [0.5, 0.6) is 5.75 Å². The van der Waals surface area contributed by atoms with Crippen molar-refractivity contribution in [3.8, 4) is 5.75 Å². The topological polar surface area (TPSA) is 75.6 Å². The number of benzene rings is 1. The molecule has 0 saturated heterocycles. The zero-order valence-electron chi connectivity index (χ0n) is 10.6. The number of aliphatic hydroxyl groups is 1. The van der Waals surface area contributed by atoms with Crippen LogP contribution in [-0.4, -0.2) is 33.3 Å². The minimum absolute atomic E-state index is 0.0607. The standard InChI is InChI=1S/C12H19NO4S/c1-10(5-4-8-14)13-18(15,16)12-7-3-6-11(9-12)17-2/h3,6-7,9-10,13-14H,4-5,8H2,1-2H3. The molecule has 18 heavy (non-hydrogen) atoms. The Labute approximate surface area is 108 Å². The Morgan fingerprint density at radius 1 is 1.44 bits per heavy atom. The zero-order valence-corrected chi connectivity index (χ0v) is 11.4. The van der Waals surface area contributed by atoms with Crippen molar-refractivity contribution in [1.82, 2.24) is 4.72 Å². The fraction of sp³-hybridized carbons (Fsp3) is 0.500. The summed E-state index contributed by atoms with van der Waals surface area (Å²) in [5.41, 5.74) is 0. The smallest absolute Gasteiger partial charge is 0.240 e. The molecule has 0 heterocycles. The van der Waals surface area contributed by atoms with Crippen LogP contribution in [0.25, 0.3) is 0 Å². The van der Waals surface area contributed by atoms with E-state index in [2.05, 4.69) is 4.72 Å². The predicted molar refractivity (Wildman–Crippen MR) is 69.1 cm³/mol. The monoisotopic (exact) mass is 273 g/mol. The summed E-state index contributed by atoms with van der Waals surface area (Å²) in [6.45, 7) is 1.83. The summed E-state index contributed by atoms with van der Waals surface area (Å²) >= 11 is 0. The number of aliphatic hydroxyl groups excluding tert-OH is 1. The highest BCUT2D eigenvalue weighted by molar-refractivity contribution is 7.89. The van der Waals surface area contributed by atoms with Crippen LogP contribution >= 0.6 is 0 Å². The van der Waals surface area contributed by atoms with Crippen molar-refractivity contribution in [3.63, 3.8) is 0 Å². The third-order valence-electron chi connectivity index (χ3n) is 2.50. The normalized spacial score (nSPS) is 13.3. The van der Waals surface area contributed by atoms with Crippen LogP contribution in [-0.2, 0) is 10.0 Å². The van der Waals surface area contributed by atoms with Crippen molar-refractivity contribution in [2.24, 2.45) is 0 Å². The van der Waals surface area contributed by atoms with Gasteiger partial charge in [0.2, 0.25) is 10.0 Å². The van der Waals surface area contributed by atoms with Crippen LogP contribution in [0.15, 0.2) is 29.2 Å². The summed E-state index contributed by atoms with van der Waals surface area (Å²) in [6.07, 6.45) is 1.17. The van der Waals surface area contributed by atoms with E-state index in [1.54, 1.807) is 19.1 Å². The quantitative estimate of drug-likeness (QED) is 0.781. The number of hydrogen-bond donors (Lipinski definition) is 2. The number of sulfonamides is 1. The van der Waals surface area contributed by atoms with E-state index in [1.165, 1.54) is 19.2 Å². The highest BCUT2D eigenvalue weighted by Gasteiger charge is 2.17. The second-order valence-electron chi connectivity index (χ2n) is 4.07. The highest BCUT2D eigenvalue weighted by Crippen LogP contribution is 2.17. The van der Waals surface area contributed by atoms with Crippen LogP contribution in [0.3, 0.4) is 0 Å². The van der Waals surface area contributed by atoms with Gasteiger partial charge in [-0.05, 0) is 31.9 Å². The van der Waals surface area contributed by atoms with Gasteiger partial charge in [-0.15, -0.1) is 0 Å². The fourth-order valence-electron chi connectivity index (χ4n) is 1.56. The molecule has 0 aliphatic heterocycles. The van der Waals surface area contributed by atoms with Crippen LogP contribution in [0.1, 0.15) is 19.8 Å². The predicted octanol–water partition coefficient (Wildman–Crippen LogP) is 1.13. The average molecular weight is 273 g/mol. The Morgan fingerprint density at radius 3 is 2.78 bits per heavy atom. The van der Waals surface area contributed by atoms with E-state index in [1.807, 2.05) is 0 Å². The molecule has 1 rings (SSSR count). The second-order valence-corrected chi connectivity index (χ2v) is 5.78. The van der Waals surface area contributed by atoms with Crippen molar-refractivity contribution in [2.75, 3.05) is 13.7 Å². The van der Waals surface area contributed by atoms with Crippen molar-refractivity contribution in [1.29, 1.82) is 0 Å². The Bertz CT molecular complexity index is 473. The first kappa shape index (κ1) is 14.9. The van der Waals surface area contributed by atoms with Crippen molar-refractivity contribution in [3.05, 3.63) is 24.3 Å². The van der Waals surface area contributed by atoms with Gasteiger partial charge < -0.3 is 9.84 Å². The van der Waals surface area contributed by atoms with E-state index in [9.17, 15) is 8.42 Å². The Balaban J connectivity index is 2.79. The molecule has 0 spiro atoms. The molecular formula is C12H19NO4S. The van der Waals surface area contributed by atoms with Gasteiger partial charge in [-0.1, -0.05) is 6.07 Å². The first-order chi connectivity index (χ1) is 8.49. The largest absolute Gasteiger partial charge is 0.497 e. The summed E-state index contributed by atoms with van der Waals surface area (Å²) in [6, 6.07) is 6.10. The van der Waals surface area contributed by atoms with Crippen LogP contribution in [0, 0.1) is 0 Å². The summed E-state index contributed by atoms with van der Waals surface area (Å²) in [5.74, 6) is 0.501. The molecule has 0 radical (unpaired) electrons. The number of ether oxygens (including phenoxy) is 1. The maximum Gasteiger partial charge on any atom is 0.240 e. The lowest BCUT2D eigenvalue weighted by molar-refractivity contribution is 0.279. The first-order valence-corrected chi connectivity index (χ1v) is 7.25. The molecule has 1 atom stereocenters. The fourth-order valence-corrected chi connectivity index (χ4v) is 2.87. The molecule has 1 aromatic rings. The Morgan fingerprint density at radius 2 is 2.17 bits per heavy atom. The lowest BCUT2D eigenvalue weighted by atomic mass is 10.2. The summed E-state index contributed by atoms with van der Waals surface area (Å²) in [5, 5.41) is 8.71. The van der Waals surface area contributed by atoms with Crippen molar-refractivity contribution < 1.29 is 18.3 Å². The molecule has 6 heteroatoms. The molecule has 0 aromatic heterocycles. The number of hydrogen-bond acceptors (Lipinski definition) is 4. The maximum absolute atomic E-state index is 12.0. The molecule has 2 N–H and O–H groups in total. The van der Waals surface area contributed by atoms with Gasteiger partial charge in [0.25, 0.3) is 0 Å². The third-order valence-corrected chi connectivity index (χ3v) is 4.09. The van der Waals surface area contributed by atoms with Gasteiger partial charge in [0.15, 0.2) is 0 Å². The molecule has 0 aliphatic carbocycles. The minimum atomic E-state index is -3.53. The van der Waals surface area contributed by atoms with Gasteiger partial charge in [-0.2, -0.15) is 0 Å². The summed E-state index contributed by atoms with van der Waals surface area (Å²) in [7, 11) is -2.05. The van der Waals surface area contributed by atoms with Gasteiger partial charge in [-0.25, -0.2) is 13.1 Å². The molecule has 0 amide bonds. The van der Waals surface area contributed by atoms with Crippen molar-refractivity contribution >= 4 is 10.0 Å². The van der Waals surface area contributed by atoms with E-state index >= 15 is 0 Å². The molecule has 1 unspecified atom stereocenters. The molecule has 5 nitrogen and oxygen atoms in total. The minimum Gasteiger partial charge on any atom is -0.497 e.